The van der Waals surface area contributed by atoms with Crippen LogP contribution in [0.25, 0.3) is 0 Å². The third-order valence-corrected chi connectivity index (χ3v) is 1.45. The fraction of sp³-hybridized carbons (Fsp3) is 0.667. The van der Waals surface area contributed by atoms with Gasteiger partial charge in [-0.05, 0) is 0 Å². The molecule has 0 radical (unpaired) electrons. The lowest BCUT2D eigenvalue weighted by molar-refractivity contribution is 0.0877. The summed E-state index contributed by atoms with van der Waals surface area (Å²) >= 11 is 0. The van der Waals surface area contributed by atoms with E-state index in [0.29, 0.717) is 0 Å². The Hall–Kier alpha value is -0.500. The molecule has 0 aromatic carbocycles. The third-order valence-electron chi connectivity index (χ3n) is 1.45. The lowest BCUT2D eigenvalue weighted by Crippen LogP contribution is -2.31. The summed E-state index contributed by atoms with van der Waals surface area (Å²) < 4.78 is 0. The van der Waals surface area contributed by atoms with E-state index < -0.39 is 0 Å². The van der Waals surface area contributed by atoms with Crippen molar-refractivity contribution in [3.05, 3.63) is 12.3 Å². The second-order valence-corrected chi connectivity index (χ2v) is 1.96. The van der Waals surface area contributed by atoms with Gasteiger partial charge in [-0.15, -0.1) is 0 Å². The largest absolute Gasteiger partial charge is 0.316 e. The minimum absolute atomic E-state index is 1.08. The van der Waals surface area contributed by atoms with Crippen LogP contribution in [-0.2, 0) is 0 Å². The van der Waals surface area contributed by atoms with Gasteiger partial charge in [0.05, 0.1) is 0 Å². The van der Waals surface area contributed by atoms with E-state index in [4.69, 9.17) is 0 Å². The normalized spacial score (nSPS) is 20.5. The van der Waals surface area contributed by atoms with Gasteiger partial charge in [0.25, 0.3) is 0 Å². The molecule has 1 heterocycles. The van der Waals surface area contributed by atoms with Gasteiger partial charge in [0.1, 0.15) is 0 Å². The highest BCUT2D eigenvalue weighted by Gasteiger charge is 2.06. The number of nitrogens with zero attached hydrogens (tertiary/aromatic N) is 2. The van der Waals surface area contributed by atoms with Crippen molar-refractivity contribution in [2.45, 2.75) is 6.92 Å². The molecule has 1 rings (SSSR count). The van der Waals surface area contributed by atoms with Crippen molar-refractivity contribution >= 4 is 0 Å². The number of rotatable bonds is 1. The first-order chi connectivity index (χ1) is 3.84. The van der Waals surface area contributed by atoms with Gasteiger partial charge in [0.15, 0.2) is 0 Å². The standard InChI is InChI=1S/C6H12N2/c1-3-8-6-4-5-7(8)2/h4-5H,3,6H2,1-2H3. The quantitative estimate of drug-likeness (QED) is 0.492. The van der Waals surface area contributed by atoms with Gasteiger partial charge in [0.2, 0.25) is 0 Å². The van der Waals surface area contributed by atoms with Crippen LogP contribution in [0.2, 0.25) is 0 Å². The van der Waals surface area contributed by atoms with Crippen LogP contribution in [-0.4, -0.2) is 30.2 Å². The molecule has 46 valence electrons. The Morgan fingerprint density at radius 2 is 2.38 bits per heavy atom. The maximum Gasteiger partial charge on any atom is 0.0378 e. The van der Waals surface area contributed by atoms with Crippen LogP contribution in [0.4, 0.5) is 0 Å². The molecule has 0 bridgehead atoms. The highest BCUT2D eigenvalue weighted by atomic mass is 15.6. The molecule has 2 heteroatoms. The lowest BCUT2D eigenvalue weighted by Gasteiger charge is -2.22. The molecule has 1 aliphatic heterocycles. The highest BCUT2D eigenvalue weighted by molar-refractivity contribution is 4.89. The topological polar surface area (TPSA) is 6.48 Å². The van der Waals surface area contributed by atoms with Crippen LogP contribution in [0.1, 0.15) is 6.92 Å². The van der Waals surface area contributed by atoms with E-state index in [1.807, 2.05) is 0 Å². The molecule has 0 saturated heterocycles. The molecule has 2 nitrogen and oxygen atoms in total. The van der Waals surface area contributed by atoms with Crippen molar-refractivity contribution in [2.75, 3.05) is 20.1 Å². The van der Waals surface area contributed by atoms with E-state index in [2.05, 4.69) is 36.3 Å². The predicted molar refractivity (Wildman–Crippen MR) is 34.1 cm³/mol. The molecule has 0 amide bonds. The Labute approximate surface area is 50.4 Å². The van der Waals surface area contributed by atoms with E-state index in [1.165, 1.54) is 0 Å². The van der Waals surface area contributed by atoms with Crippen molar-refractivity contribution in [1.82, 2.24) is 10.0 Å². The Kier molecular flexibility index (Phi) is 1.53. The fourth-order valence-corrected chi connectivity index (χ4v) is 0.897. The first-order valence-corrected chi connectivity index (χ1v) is 2.99. The summed E-state index contributed by atoms with van der Waals surface area (Å²) in [5.74, 6) is 0. The van der Waals surface area contributed by atoms with E-state index >= 15 is 0 Å². The van der Waals surface area contributed by atoms with Crippen molar-refractivity contribution in [2.24, 2.45) is 0 Å². The zero-order valence-corrected chi connectivity index (χ0v) is 5.46. The van der Waals surface area contributed by atoms with Crippen LogP contribution in [0.3, 0.4) is 0 Å². The summed E-state index contributed by atoms with van der Waals surface area (Å²) in [6.45, 7) is 4.33. The highest BCUT2D eigenvalue weighted by Crippen LogP contribution is 2.01. The van der Waals surface area contributed by atoms with Crippen LogP contribution in [0, 0.1) is 0 Å². The van der Waals surface area contributed by atoms with Crippen LogP contribution in [0.5, 0.6) is 0 Å². The Morgan fingerprint density at radius 1 is 1.62 bits per heavy atom. The monoisotopic (exact) mass is 112 g/mol. The average Bonchev–Trinajstić information content (AvgIpc) is 2.14. The molecule has 0 spiro atoms. The summed E-state index contributed by atoms with van der Waals surface area (Å²) in [7, 11) is 2.06. The summed E-state index contributed by atoms with van der Waals surface area (Å²) in [4.78, 5) is 0. The van der Waals surface area contributed by atoms with Crippen LogP contribution < -0.4 is 0 Å². The SMILES string of the molecule is CCN1CC=CN1C. The summed E-state index contributed by atoms with van der Waals surface area (Å²) in [6, 6.07) is 0. The molecule has 0 aliphatic carbocycles. The third kappa shape index (κ3) is 0.842. The summed E-state index contributed by atoms with van der Waals surface area (Å²) in [6.07, 6.45) is 4.24. The van der Waals surface area contributed by atoms with Gasteiger partial charge in [-0.3, -0.25) is 0 Å². The zero-order valence-electron chi connectivity index (χ0n) is 5.46. The van der Waals surface area contributed by atoms with Crippen LogP contribution >= 0.6 is 0 Å². The van der Waals surface area contributed by atoms with Gasteiger partial charge in [-0.25, -0.2) is 5.01 Å². The first-order valence-electron chi connectivity index (χ1n) is 2.99. The second kappa shape index (κ2) is 2.18. The van der Waals surface area contributed by atoms with E-state index in [1.54, 1.807) is 0 Å². The molecular formula is C6H12N2. The number of hydrogen-bond donors (Lipinski definition) is 0. The van der Waals surface area contributed by atoms with Gasteiger partial charge in [-0.1, -0.05) is 13.0 Å². The lowest BCUT2D eigenvalue weighted by atomic mass is 10.6. The summed E-state index contributed by atoms with van der Waals surface area (Å²) in [5, 5.41) is 4.36. The molecule has 1 aliphatic rings. The molecule has 0 aromatic rings. The number of hydrogen-bond acceptors (Lipinski definition) is 2. The minimum Gasteiger partial charge on any atom is -0.316 e. The first kappa shape index (κ1) is 5.63. The smallest absolute Gasteiger partial charge is 0.0378 e. The van der Waals surface area contributed by atoms with Crippen LogP contribution in [0.15, 0.2) is 12.3 Å². The summed E-state index contributed by atoms with van der Waals surface area (Å²) in [5.41, 5.74) is 0. The predicted octanol–water partition coefficient (Wildman–Crippen LogP) is 0.682. The van der Waals surface area contributed by atoms with E-state index in [9.17, 15) is 0 Å². The van der Waals surface area contributed by atoms with E-state index in [-0.39, 0.29) is 0 Å². The van der Waals surface area contributed by atoms with E-state index in [0.717, 1.165) is 13.1 Å². The fourth-order valence-electron chi connectivity index (χ4n) is 0.897. The van der Waals surface area contributed by atoms with Crippen molar-refractivity contribution < 1.29 is 0 Å². The van der Waals surface area contributed by atoms with Crippen molar-refractivity contribution in [3.8, 4) is 0 Å². The Morgan fingerprint density at radius 3 is 2.62 bits per heavy atom. The Balaban J connectivity index is 2.38. The molecule has 0 unspecified atom stereocenters. The molecule has 8 heavy (non-hydrogen) atoms. The molecule has 0 N–H and O–H groups in total. The van der Waals surface area contributed by atoms with Gasteiger partial charge >= 0.3 is 0 Å². The average molecular weight is 112 g/mol. The van der Waals surface area contributed by atoms with Gasteiger partial charge in [-0.2, -0.15) is 0 Å². The van der Waals surface area contributed by atoms with Crippen molar-refractivity contribution in [1.29, 1.82) is 0 Å². The molecule has 0 saturated carbocycles. The van der Waals surface area contributed by atoms with Gasteiger partial charge < -0.3 is 5.01 Å². The second-order valence-electron chi connectivity index (χ2n) is 1.96. The maximum absolute atomic E-state index is 2.25. The molecule has 0 atom stereocenters. The van der Waals surface area contributed by atoms with Gasteiger partial charge in [0, 0.05) is 26.3 Å². The Bertz CT molecular complexity index is 98.7. The number of hydrazine groups is 1. The molecular weight excluding hydrogens is 100 g/mol. The van der Waals surface area contributed by atoms with Crippen molar-refractivity contribution in [3.63, 3.8) is 0 Å². The molecule has 0 fully saturated rings. The molecule has 0 aromatic heterocycles. The zero-order chi connectivity index (χ0) is 5.98. The minimum atomic E-state index is 1.08. The maximum atomic E-state index is 2.25. The number of likely N-dealkylation sites (N-methyl/N-ethyl adjacent to an activating group) is 1.